The summed E-state index contributed by atoms with van der Waals surface area (Å²) in [4.78, 5) is 20.6. The monoisotopic (exact) mass is 526 g/mol. The van der Waals surface area contributed by atoms with Crippen LogP contribution in [0.5, 0.6) is 6.01 Å². The number of ether oxygens (including phenoxy) is 2. The molecule has 0 amide bonds. The summed E-state index contributed by atoms with van der Waals surface area (Å²) >= 11 is 0. The second kappa shape index (κ2) is 11.8. The molecule has 0 aliphatic rings. The number of benzene rings is 2. The Morgan fingerprint density at radius 3 is 2.54 bits per heavy atom. The lowest BCUT2D eigenvalue weighted by molar-refractivity contribution is -0.141. The highest BCUT2D eigenvalue weighted by molar-refractivity contribution is 5.80. The summed E-state index contributed by atoms with van der Waals surface area (Å²) in [6.45, 7) is 5.76. The number of H-pyrrole nitrogens is 1. The molecule has 0 saturated carbocycles. The minimum atomic E-state index is -0.353. The number of carbonyl (C=O) groups is 1. The number of nitrogens with one attached hydrogen (secondary N) is 1. The van der Waals surface area contributed by atoms with Gasteiger partial charge in [0.1, 0.15) is 19.0 Å². The largest absolute Gasteiger partial charge is 0.462 e. The lowest BCUT2D eigenvalue weighted by Gasteiger charge is -2.12. The number of rotatable bonds is 11. The number of hydrogen-bond acceptors (Lipinski definition) is 9. The van der Waals surface area contributed by atoms with Crippen molar-refractivity contribution in [1.82, 2.24) is 40.2 Å². The first-order chi connectivity index (χ1) is 19.0. The maximum Gasteiger partial charge on any atom is 0.336 e. The molecule has 1 N–H and O–H groups in total. The van der Waals surface area contributed by atoms with Crippen LogP contribution in [0.4, 0.5) is 0 Å². The third-order valence-electron chi connectivity index (χ3n) is 6.36. The Morgan fingerprint density at radius 1 is 1.03 bits per heavy atom. The minimum absolute atomic E-state index is 0.138. The van der Waals surface area contributed by atoms with Crippen molar-refractivity contribution in [2.75, 3.05) is 13.2 Å². The summed E-state index contributed by atoms with van der Waals surface area (Å²) in [7, 11) is 0. The van der Waals surface area contributed by atoms with Crippen LogP contribution < -0.4 is 4.74 Å². The van der Waals surface area contributed by atoms with E-state index in [4.69, 9.17) is 14.5 Å². The van der Waals surface area contributed by atoms with E-state index >= 15 is 0 Å². The zero-order valence-corrected chi connectivity index (χ0v) is 22.2. The smallest absolute Gasteiger partial charge is 0.336 e. The van der Waals surface area contributed by atoms with Gasteiger partial charge in [-0.25, -0.2) is 4.98 Å². The molecule has 0 atom stereocenters. The summed E-state index contributed by atoms with van der Waals surface area (Å²) in [6, 6.07) is 16.7. The molecule has 11 nitrogen and oxygen atoms in total. The van der Waals surface area contributed by atoms with Crippen LogP contribution in [0.15, 0.2) is 48.5 Å². The van der Waals surface area contributed by atoms with Crippen molar-refractivity contribution >= 4 is 11.6 Å². The van der Waals surface area contributed by atoms with Gasteiger partial charge >= 0.3 is 12.0 Å². The number of tetrazole rings is 1. The maximum atomic E-state index is 11.0. The van der Waals surface area contributed by atoms with Crippen molar-refractivity contribution in [3.8, 4) is 28.5 Å². The fourth-order valence-electron chi connectivity index (χ4n) is 4.48. The number of aromatic amines is 1. The average molecular weight is 527 g/mol. The lowest BCUT2D eigenvalue weighted by Crippen LogP contribution is -2.10. The Labute approximate surface area is 225 Å². The summed E-state index contributed by atoms with van der Waals surface area (Å²) < 4.78 is 12.3. The van der Waals surface area contributed by atoms with Crippen LogP contribution >= 0.6 is 0 Å². The second-order valence-electron chi connectivity index (χ2n) is 9.16. The molecule has 5 aromatic rings. The summed E-state index contributed by atoms with van der Waals surface area (Å²) in [5, 5.41) is 19.0. The van der Waals surface area contributed by atoms with E-state index in [1.54, 1.807) is 4.52 Å². The van der Waals surface area contributed by atoms with Crippen LogP contribution in [0.25, 0.3) is 28.2 Å². The van der Waals surface area contributed by atoms with Crippen LogP contribution in [-0.4, -0.2) is 59.4 Å². The number of aryl methyl sites for hydroxylation is 2. The molecule has 0 aliphatic carbocycles. The van der Waals surface area contributed by atoms with Gasteiger partial charge < -0.3 is 9.47 Å². The molecule has 2 aromatic carbocycles. The maximum absolute atomic E-state index is 11.0. The molecule has 5 rings (SSSR count). The van der Waals surface area contributed by atoms with Gasteiger partial charge in [-0.2, -0.15) is 14.7 Å². The summed E-state index contributed by atoms with van der Waals surface area (Å²) in [5.74, 6) is 0.949. The van der Waals surface area contributed by atoms with E-state index in [2.05, 4.69) is 68.0 Å². The molecule has 0 spiro atoms. The van der Waals surface area contributed by atoms with Crippen molar-refractivity contribution in [3.63, 3.8) is 0 Å². The number of fused-ring (bicyclic) bond motifs is 1. The van der Waals surface area contributed by atoms with E-state index in [0.717, 1.165) is 64.2 Å². The summed E-state index contributed by atoms with van der Waals surface area (Å²) in [6.07, 6.45) is 3.60. The molecule has 0 saturated heterocycles. The summed E-state index contributed by atoms with van der Waals surface area (Å²) in [5.41, 5.74) is 6.90. The van der Waals surface area contributed by atoms with Crippen LogP contribution in [0.3, 0.4) is 0 Å². The van der Waals surface area contributed by atoms with E-state index in [1.807, 2.05) is 25.1 Å². The van der Waals surface area contributed by atoms with Crippen molar-refractivity contribution in [2.45, 2.75) is 46.5 Å². The Balaban J connectivity index is 1.44. The van der Waals surface area contributed by atoms with Crippen molar-refractivity contribution in [3.05, 3.63) is 71.2 Å². The predicted molar refractivity (Wildman–Crippen MR) is 144 cm³/mol. The molecule has 3 aromatic heterocycles. The fourth-order valence-corrected chi connectivity index (χ4v) is 4.48. The zero-order valence-electron chi connectivity index (χ0n) is 22.2. The Hall–Kier alpha value is -4.67. The standard InChI is InChI=1S/C28H30N8O3/c1-4-5-10-25-24(27-30-28(33-36(27)18(2)29-25)39-16-15-38-19(3)37)17-20-11-13-21(14-12-20)22-8-6-7-9-23(22)26-31-34-35-32-26/h6-9,11-14H,4-5,10,15-17H2,1-3H3,(H,31,32,34,35). The van der Waals surface area contributed by atoms with Gasteiger partial charge in [-0.15, -0.1) is 15.3 Å². The van der Waals surface area contributed by atoms with Crippen molar-refractivity contribution in [1.29, 1.82) is 0 Å². The van der Waals surface area contributed by atoms with Crippen LogP contribution in [0, 0.1) is 6.92 Å². The van der Waals surface area contributed by atoms with Gasteiger partial charge in [-0.3, -0.25) is 4.79 Å². The number of carbonyl (C=O) groups excluding carboxylic acids is 1. The minimum Gasteiger partial charge on any atom is -0.462 e. The van der Waals surface area contributed by atoms with E-state index in [-0.39, 0.29) is 25.2 Å². The SMILES string of the molecule is CCCCc1nc(C)n2nc(OCCOC(C)=O)nc2c1Cc1ccc(-c2ccccc2-c2nn[nH]n2)cc1. The van der Waals surface area contributed by atoms with Gasteiger partial charge in [0.05, 0.1) is 0 Å². The van der Waals surface area contributed by atoms with Gasteiger partial charge in [-0.05, 0) is 41.7 Å². The van der Waals surface area contributed by atoms with Crippen molar-refractivity contribution < 1.29 is 14.3 Å². The Bertz CT molecular complexity index is 1560. The zero-order chi connectivity index (χ0) is 27.2. The molecule has 0 unspecified atom stereocenters. The third-order valence-corrected chi connectivity index (χ3v) is 6.36. The molecular formula is C28H30N8O3. The average Bonchev–Trinajstić information content (AvgIpc) is 3.63. The third kappa shape index (κ3) is 5.92. The molecule has 11 heteroatoms. The van der Waals surface area contributed by atoms with E-state index < -0.39 is 0 Å². The first-order valence-electron chi connectivity index (χ1n) is 13.0. The lowest BCUT2D eigenvalue weighted by atomic mass is 9.96. The number of esters is 1. The first-order valence-corrected chi connectivity index (χ1v) is 13.0. The highest BCUT2D eigenvalue weighted by atomic mass is 16.6. The number of hydrogen-bond donors (Lipinski definition) is 1. The van der Waals surface area contributed by atoms with E-state index in [9.17, 15) is 4.79 Å². The normalized spacial score (nSPS) is 11.2. The van der Waals surface area contributed by atoms with Gasteiger partial charge in [0.15, 0.2) is 5.65 Å². The molecule has 39 heavy (non-hydrogen) atoms. The molecular weight excluding hydrogens is 496 g/mol. The van der Waals surface area contributed by atoms with E-state index in [1.165, 1.54) is 6.92 Å². The van der Waals surface area contributed by atoms with Gasteiger partial charge in [0.25, 0.3) is 0 Å². The molecule has 3 heterocycles. The van der Waals surface area contributed by atoms with Crippen LogP contribution in [0.1, 0.15) is 49.3 Å². The second-order valence-corrected chi connectivity index (χ2v) is 9.16. The number of aromatic nitrogens is 8. The van der Waals surface area contributed by atoms with Crippen LogP contribution in [-0.2, 0) is 22.4 Å². The molecule has 0 bridgehead atoms. The first kappa shape index (κ1) is 26.0. The van der Waals surface area contributed by atoms with Gasteiger partial charge in [0, 0.05) is 30.2 Å². The predicted octanol–water partition coefficient (Wildman–Crippen LogP) is 4.16. The highest BCUT2D eigenvalue weighted by Gasteiger charge is 2.18. The quantitative estimate of drug-likeness (QED) is 0.199. The van der Waals surface area contributed by atoms with Gasteiger partial charge in [0.2, 0.25) is 5.82 Å². The highest BCUT2D eigenvalue weighted by Crippen LogP contribution is 2.30. The number of unbranched alkanes of at least 4 members (excludes halogenated alkanes) is 1. The fraction of sp³-hybridized carbons (Fsp3) is 0.321. The molecule has 0 aliphatic heterocycles. The number of nitrogens with zero attached hydrogens (tertiary/aromatic N) is 7. The topological polar surface area (TPSA) is 133 Å². The van der Waals surface area contributed by atoms with Gasteiger partial charge in [-0.1, -0.05) is 61.9 Å². The van der Waals surface area contributed by atoms with Crippen molar-refractivity contribution in [2.24, 2.45) is 0 Å². The molecule has 0 fully saturated rings. The molecule has 200 valence electrons. The molecule has 0 radical (unpaired) electrons. The Morgan fingerprint density at radius 2 is 1.82 bits per heavy atom. The van der Waals surface area contributed by atoms with E-state index in [0.29, 0.717) is 12.2 Å². The Kier molecular flexibility index (Phi) is 7.86. The van der Waals surface area contributed by atoms with Crippen LogP contribution in [0.2, 0.25) is 0 Å².